The molecule has 1 saturated heterocycles. The van der Waals surface area contributed by atoms with Gasteiger partial charge in [0.15, 0.2) is 5.96 Å². The molecule has 0 bridgehead atoms. The van der Waals surface area contributed by atoms with Crippen molar-refractivity contribution in [2.75, 3.05) is 33.2 Å². The molecule has 0 radical (unpaired) electrons. The van der Waals surface area contributed by atoms with Crippen molar-refractivity contribution in [3.63, 3.8) is 0 Å². The zero-order valence-electron chi connectivity index (χ0n) is 12.8. The molecule has 2 aliphatic rings. The van der Waals surface area contributed by atoms with Gasteiger partial charge in [0, 0.05) is 26.2 Å². The van der Waals surface area contributed by atoms with E-state index < -0.39 is 0 Å². The van der Waals surface area contributed by atoms with Gasteiger partial charge in [-0.25, -0.2) is 0 Å². The molecule has 0 aromatic rings. The Morgan fingerprint density at radius 2 is 1.95 bits per heavy atom. The van der Waals surface area contributed by atoms with E-state index in [0.29, 0.717) is 12.0 Å². The highest BCUT2D eigenvalue weighted by molar-refractivity contribution is 14.0. The zero-order valence-corrected chi connectivity index (χ0v) is 15.1. The van der Waals surface area contributed by atoms with E-state index in [2.05, 4.69) is 39.6 Å². The monoisotopic (exact) mass is 392 g/mol. The van der Waals surface area contributed by atoms with Gasteiger partial charge in [-0.2, -0.15) is 0 Å². The van der Waals surface area contributed by atoms with Crippen LogP contribution in [0.2, 0.25) is 0 Å². The fourth-order valence-corrected chi connectivity index (χ4v) is 2.86. The van der Waals surface area contributed by atoms with Crippen LogP contribution in [0.15, 0.2) is 17.1 Å². The Morgan fingerprint density at radius 1 is 1.30 bits per heavy atom. The average molecular weight is 392 g/mol. The molecule has 2 rings (SSSR count). The molecule has 0 spiro atoms. The van der Waals surface area contributed by atoms with Crippen molar-refractivity contribution in [2.24, 2.45) is 10.9 Å². The molecular formula is C15H29IN4. The van der Waals surface area contributed by atoms with E-state index in [1.54, 1.807) is 0 Å². The van der Waals surface area contributed by atoms with Gasteiger partial charge in [0.1, 0.15) is 0 Å². The topological polar surface area (TPSA) is 39.7 Å². The van der Waals surface area contributed by atoms with Gasteiger partial charge < -0.3 is 15.5 Å². The van der Waals surface area contributed by atoms with Gasteiger partial charge in [-0.1, -0.05) is 19.1 Å². The van der Waals surface area contributed by atoms with Gasteiger partial charge in [-0.15, -0.1) is 24.0 Å². The van der Waals surface area contributed by atoms with Crippen LogP contribution < -0.4 is 10.6 Å². The summed E-state index contributed by atoms with van der Waals surface area (Å²) < 4.78 is 0. The minimum absolute atomic E-state index is 0. The zero-order chi connectivity index (χ0) is 13.5. The first-order chi connectivity index (χ1) is 9.28. The summed E-state index contributed by atoms with van der Waals surface area (Å²) in [5, 5.41) is 6.93. The van der Waals surface area contributed by atoms with Crippen LogP contribution in [0.5, 0.6) is 0 Å². The minimum atomic E-state index is 0. The second-order valence-corrected chi connectivity index (χ2v) is 5.85. The molecule has 0 aromatic carbocycles. The van der Waals surface area contributed by atoms with Crippen molar-refractivity contribution in [2.45, 2.75) is 38.6 Å². The Labute approximate surface area is 140 Å². The Kier molecular flexibility index (Phi) is 8.52. The molecule has 1 unspecified atom stereocenters. The van der Waals surface area contributed by atoms with Crippen LogP contribution in [0.4, 0.5) is 0 Å². The van der Waals surface area contributed by atoms with E-state index >= 15 is 0 Å². The van der Waals surface area contributed by atoms with Gasteiger partial charge in [-0.05, 0) is 44.7 Å². The van der Waals surface area contributed by atoms with Crippen molar-refractivity contribution in [3.05, 3.63) is 12.2 Å². The molecule has 1 aliphatic carbocycles. The molecule has 2 N–H and O–H groups in total. The van der Waals surface area contributed by atoms with Crippen LogP contribution in [0.3, 0.4) is 0 Å². The summed E-state index contributed by atoms with van der Waals surface area (Å²) in [5.41, 5.74) is 0. The van der Waals surface area contributed by atoms with Gasteiger partial charge in [0.2, 0.25) is 0 Å². The molecule has 1 atom stereocenters. The summed E-state index contributed by atoms with van der Waals surface area (Å²) in [6, 6.07) is 0.528. The molecule has 4 nitrogen and oxygen atoms in total. The summed E-state index contributed by atoms with van der Waals surface area (Å²) in [5.74, 6) is 1.61. The maximum atomic E-state index is 4.31. The van der Waals surface area contributed by atoms with Crippen molar-refractivity contribution < 1.29 is 0 Å². The number of likely N-dealkylation sites (tertiary alicyclic amines) is 1. The van der Waals surface area contributed by atoms with E-state index in [1.165, 1.54) is 32.5 Å². The summed E-state index contributed by atoms with van der Waals surface area (Å²) in [6.07, 6.45) is 9.45. The lowest BCUT2D eigenvalue weighted by molar-refractivity contribution is 0.287. The molecule has 1 fully saturated rings. The average Bonchev–Trinajstić information content (AvgIpc) is 3.07. The molecule has 116 valence electrons. The lowest BCUT2D eigenvalue weighted by Gasteiger charge is -2.22. The number of hydrogen-bond donors (Lipinski definition) is 2. The van der Waals surface area contributed by atoms with Crippen LogP contribution >= 0.6 is 24.0 Å². The number of aliphatic imine (C=N–C) groups is 1. The molecule has 0 aromatic heterocycles. The standard InChI is InChI=1S/C15H28N4.HI/c1-13(12-19-9-5-6-10-19)11-17-15(16-2)18-14-7-3-4-8-14;/h3-4,13-14H,5-12H2,1-2H3,(H2,16,17,18);1H. The SMILES string of the molecule is CN=C(NCC(C)CN1CCCC1)NC1CC=CC1.I. The van der Waals surface area contributed by atoms with Crippen molar-refractivity contribution >= 4 is 29.9 Å². The first-order valence-corrected chi connectivity index (χ1v) is 7.62. The highest BCUT2D eigenvalue weighted by Crippen LogP contribution is 2.10. The third-order valence-corrected chi connectivity index (χ3v) is 3.96. The first kappa shape index (κ1) is 17.8. The van der Waals surface area contributed by atoms with E-state index in [9.17, 15) is 0 Å². The third-order valence-electron chi connectivity index (χ3n) is 3.96. The second-order valence-electron chi connectivity index (χ2n) is 5.85. The summed E-state index contributed by atoms with van der Waals surface area (Å²) >= 11 is 0. The summed E-state index contributed by atoms with van der Waals surface area (Å²) in [7, 11) is 1.85. The highest BCUT2D eigenvalue weighted by atomic mass is 127. The summed E-state index contributed by atoms with van der Waals surface area (Å²) in [6.45, 7) is 7.08. The molecule has 0 amide bonds. The lowest BCUT2D eigenvalue weighted by Crippen LogP contribution is -2.44. The van der Waals surface area contributed by atoms with E-state index in [4.69, 9.17) is 0 Å². The molecule has 20 heavy (non-hydrogen) atoms. The second kappa shape index (κ2) is 9.60. The largest absolute Gasteiger partial charge is 0.356 e. The van der Waals surface area contributed by atoms with Gasteiger partial charge in [-0.3, -0.25) is 4.99 Å². The molecular weight excluding hydrogens is 363 g/mol. The van der Waals surface area contributed by atoms with E-state index in [0.717, 1.165) is 25.3 Å². The van der Waals surface area contributed by atoms with E-state index in [-0.39, 0.29) is 24.0 Å². The minimum Gasteiger partial charge on any atom is -0.356 e. The molecule has 1 aliphatic heterocycles. The number of nitrogens with zero attached hydrogens (tertiary/aromatic N) is 2. The van der Waals surface area contributed by atoms with E-state index in [1.807, 2.05) is 7.05 Å². The normalized spacial score (nSPS) is 21.8. The lowest BCUT2D eigenvalue weighted by atomic mass is 10.1. The molecule has 1 heterocycles. The Morgan fingerprint density at radius 3 is 2.55 bits per heavy atom. The molecule has 5 heteroatoms. The fraction of sp³-hybridized carbons (Fsp3) is 0.800. The maximum Gasteiger partial charge on any atom is 0.191 e. The van der Waals surface area contributed by atoms with Gasteiger partial charge >= 0.3 is 0 Å². The number of halogens is 1. The van der Waals surface area contributed by atoms with Gasteiger partial charge in [0.05, 0.1) is 0 Å². The number of guanidine groups is 1. The highest BCUT2D eigenvalue weighted by Gasteiger charge is 2.15. The Bertz CT molecular complexity index is 316. The van der Waals surface area contributed by atoms with Crippen LogP contribution in [-0.4, -0.2) is 50.1 Å². The number of rotatable bonds is 5. The first-order valence-electron chi connectivity index (χ1n) is 7.62. The maximum absolute atomic E-state index is 4.31. The molecule has 0 saturated carbocycles. The van der Waals surface area contributed by atoms with Crippen LogP contribution in [0.1, 0.15) is 32.6 Å². The smallest absolute Gasteiger partial charge is 0.191 e. The summed E-state index contributed by atoms with van der Waals surface area (Å²) in [4.78, 5) is 6.88. The fourth-order valence-electron chi connectivity index (χ4n) is 2.86. The van der Waals surface area contributed by atoms with Gasteiger partial charge in [0.25, 0.3) is 0 Å². The Balaban J connectivity index is 0.00000200. The third kappa shape index (κ3) is 5.99. The van der Waals surface area contributed by atoms with Crippen molar-refractivity contribution in [1.82, 2.24) is 15.5 Å². The van der Waals surface area contributed by atoms with Crippen molar-refractivity contribution in [1.29, 1.82) is 0 Å². The quantitative estimate of drug-likeness (QED) is 0.326. The van der Waals surface area contributed by atoms with Crippen LogP contribution in [0, 0.1) is 5.92 Å². The number of nitrogens with one attached hydrogen (secondary N) is 2. The van der Waals surface area contributed by atoms with Crippen LogP contribution in [0.25, 0.3) is 0 Å². The Hall–Kier alpha value is -0.300. The van der Waals surface area contributed by atoms with Crippen molar-refractivity contribution in [3.8, 4) is 0 Å². The predicted molar refractivity (Wildman–Crippen MR) is 96.9 cm³/mol. The number of hydrogen-bond acceptors (Lipinski definition) is 2. The predicted octanol–water partition coefficient (Wildman–Crippen LogP) is 2.22. The van der Waals surface area contributed by atoms with Crippen LogP contribution in [-0.2, 0) is 0 Å².